The first-order chi connectivity index (χ1) is 14.4. The van der Waals surface area contributed by atoms with Gasteiger partial charge in [0.2, 0.25) is 0 Å². The third-order valence-electron chi connectivity index (χ3n) is 5.39. The van der Waals surface area contributed by atoms with Gasteiger partial charge in [0.25, 0.3) is 11.6 Å². The summed E-state index contributed by atoms with van der Waals surface area (Å²) in [6.07, 6.45) is 0.924. The van der Waals surface area contributed by atoms with Crippen molar-refractivity contribution < 1.29 is 29.1 Å². The lowest BCUT2D eigenvalue weighted by atomic mass is 9.88. The van der Waals surface area contributed by atoms with Crippen LogP contribution in [0.25, 0.3) is 0 Å². The van der Waals surface area contributed by atoms with E-state index in [1.165, 1.54) is 29.2 Å². The average Bonchev–Trinajstić information content (AvgIpc) is 2.78. The number of amides is 1. The number of ketones is 1. The van der Waals surface area contributed by atoms with Crippen molar-refractivity contribution in [1.29, 1.82) is 0 Å². The van der Waals surface area contributed by atoms with Crippen molar-refractivity contribution in [2.75, 3.05) is 26.3 Å². The van der Waals surface area contributed by atoms with Crippen molar-refractivity contribution in [3.63, 3.8) is 0 Å². The number of nitro groups is 1. The van der Waals surface area contributed by atoms with Crippen LogP contribution in [0.3, 0.4) is 0 Å². The Balaban J connectivity index is 1.48. The number of piperidine rings is 1. The van der Waals surface area contributed by atoms with E-state index in [0.717, 1.165) is 0 Å². The van der Waals surface area contributed by atoms with Crippen LogP contribution >= 0.6 is 0 Å². The molecule has 9 nitrogen and oxygen atoms in total. The maximum absolute atomic E-state index is 13.0. The lowest BCUT2D eigenvalue weighted by Crippen LogP contribution is -2.40. The number of carbonyl (C=O) groups excluding carboxylic acids is 2. The molecule has 1 amide bonds. The Morgan fingerprint density at radius 3 is 2.23 bits per heavy atom. The zero-order valence-electron chi connectivity index (χ0n) is 16.1. The predicted octanol–water partition coefficient (Wildman–Crippen LogP) is 2.81. The summed E-state index contributed by atoms with van der Waals surface area (Å²) in [6, 6.07) is 8.67. The number of likely N-dealkylation sites (tertiary alicyclic amines) is 1. The molecule has 0 spiro atoms. The fourth-order valence-corrected chi connectivity index (χ4v) is 3.78. The van der Waals surface area contributed by atoms with E-state index in [1.807, 2.05) is 0 Å². The van der Waals surface area contributed by atoms with Crippen molar-refractivity contribution in [3.8, 4) is 17.2 Å². The van der Waals surface area contributed by atoms with E-state index < -0.39 is 10.8 Å². The standard InChI is InChI=1S/C21H20N2O7/c24-15-3-1-13(2-4-15)20(25)14-5-7-22(8-6-14)21(26)16-11-18-19(30-10-9-29-18)12-17(16)23(27)28/h1-4,11-12,14,24H,5-10H2. The van der Waals surface area contributed by atoms with Gasteiger partial charge in [0.1, 0.15) is 24.5 Å². The molecule has 9 heteroatoms. The van der Waals surface area contributed by atoms with Gasteiger partial charge in [0, 0.05) is 30.6 Å². The highest BCUT2D eigenvalue weighted by Crippen LogP contribution is 2.37. The monoisotopic (exact) mass is 412 g/mol. The van der Waals surface area contributed by atoms with E-state index in [1.54, 1.807) is 12.1 Å². The summed E-state index contributed by atoms with van der Waals surface area (Å²) in [7, 11) is 0. The Hall–Kier alpha value is -3.62. The molecule has 0 aliphatic carbocycles. The minimum atomic E-state index is -0.605. The summed E-state index contributed by atoms with van der Waals surface area (Å²) in [6.45, 7) is 1.24. The van der Waals surface area contributed by atoms with Gasteiger partial charge < -0.3 is 19.5 Å². The van der Waals surface area contributed by atoms with Crippen LogP contribution in [-0.4, -0.2) is 52.9 Å². The molecule has 1 fully saturated rings. The molecule has 30 heavy (non-hydrogen) atoms. The fourth-order valence-electron chi connectivity index (χ4n) is 3.78. The van der Waals surface area contributed by atoms with Crippen LogP contribution in [0, 0.1) is 16.0 Å². The van der Waals surface area contributed by atoms with Crippen molar-refractivity contribution >= 4 is 17.4 Å². The summed E-state index contributed by atoms with van der Waals surface area (Å²) in [5.41, 5.74) is 0.138. The van der Waals surface area contributed by atoms with Crippen LogP contribution < -0.4 is 9.47 Å². The molecule has 0 saturated carbocycles. The summed E-state index contributed by atoms with van der Waals surface area (Å²) < 4.78 is 10.8. The van der Waals surface area contributed by atoms with Gasteiger partial charge in [-0.25, -0.2) is 0 Å². The Kier molecular flexibility index (Phi) is 5.26. The molecule has 0 aromatic heterocycles. The van der Waals surface area contributed by atoms with E-state index in [0.29, 0.717) is 50.5 Å². The highest BCUT2D eigenvalue weighted by molar-refractivity contribution is 6.00. The van der Waals surface area contributed by atoms with Gasteiger partial charge in [-0.3, -0.25) is 19.7 Å². The number of hydrogen-bond donors (Lipinski definition) is 1. The normalized spacial score (nSPS) is 16.2. The van der Waals surface area contributed by atoms with E-state index in [-0.39, 0.29) is 34.5 Å². The maximum Gasteiger partial charge on any atom is 0.286 e. The van der Waals surface area contributed by atoms with Gasteiger partial charge in [-0.15, -0.1) is 0 Å². The first-order valence-electron chi connectivity index (χ1n) is 9.64. The SMILES string of the molecule is O=C(c1ccc(O)cc1)C1CCN(C(=O)c2cc3c(cc2[N+](=O)[O-])OCCO3)CC1. The number of phenols is 1. The Morgan fingerprint density at radius 1 is 1.03 bits per heavy atom. The molecule has 156 valence electrons. The van der Waals surface area contributed by atoms with Crippen LogP contribution in [0.5, 0.6) is 17.2 Å². The van der Waals surface area contributed by atoms with Crippen LogP contribution in [0.4, 0.5) is 5.69 Å². The number of nitro benzene ring substituents is 1. The summed E-state index contributed by atoms with van der Waals surface area (Å²) in [5.74, 6) is -0.0845. The highest BCUT2D eigenvalue weighted by atomic mass is 16.6. The number of benzene rings is 2. The third-order valence-corrected chi connectivity index (χ3v) is 5.39. The summed E-state index contributed by atoms with van der Waals surface area (Å²) >= 11 is 0. The molecule has 0 bridgehead atoms. The zero-order chi connectivity index (χ0) is 21.3. The highest BCUT2D eigenvalue weighted by Gasteiger charge is 2.33. The van der Waals surface area contributed by atoms with Gasteiger partial charge in [0.05, 0.1) is 11.0 Å². The number of ether oxygens (including phenoxy) is 2. The molecule has 2 aliphatic heterocycles. The van der Waals surface area contributed by atoms with Crippen LogP contribution in [-0.2, 0) is 0 Å². The second-order valence-electron chi connectivity index (χ2n) is 7.25. The Morgan fingerprint density at radius 2 is 1.63 bits per heavy atom. The lowest BCUT2D eigenvalue weighted by Gasteiger charge is -2.31. The van der Waals surface area contributed by atoms with E-state index in [2.05, 4.69) is 0 Å². The molecule has 0 radical (unpaired) electrons. The molecule has 2 heterocycles. The first-order valence-corrected chi connectivity index (χ1v) is 9.64. The second kappa shape index (κ2) is 8.02. The van der Waals surface area contributed by atoms with E-state index >= 15 is 0 Å². The number of aromatic hydroxyl groups is 1. The van der Waals surface area contributed by atoms with Crippen molar-refractivity contribution in [1.82, 2.24) is 4.90 Å². The zero-order valence-corrected chi connectivity index (χ0v) is 16.1. The molecule has 1 N–H and O–H groups in total. The topological polar surface area (TPSA) is 119 Å². The number of rotatable bonds is 4. The molecule has 2 aliphatic rings. The smallest absolute Gasteiger partial charge is 0.286 e. The van der Waals surface area contributed by atoms with Crippen LogP contribution in [0.2, 0.25) is 0 Å². The molecular weight excluding hydrogens is 392 g/mol. The van der Waals surface area contributed by atoms with Gasteiger partial charge in [0.15, 0.2) is 17.3 Å². The molecule has 4 rings (SSSR count). The molecule has 0 atom stereocenters. The predicted molar refractivity (Wildman–Crippen MR) is 105 cm³/mol. The summed E-state index contributed by atoms with van der Waals surface area (Å²) in [5, 5.41) is 20.9. The Labute approximate surface area is 172 Å². The van der Waals surface area contributed by atoms with Gasteiger partial charge >= 0.3 is 0 Å². The van der Waals surface area contributed by atoms with Gasteiger partial charge in [-0.2, -0.15) is 0 Å². The quantitative estimate of drug-likeness (QED) is 0.466. The second-order valence-corrected chi connectivity index (χ2v) is 7.25. The van der Waals surface area contributed by atoms with E-state index in [4.69, 9.17) is 9.47 Å². The Bertz CT molecular complexity index is 995. The maximum atomic E-state index is 13.0. The number of fused-ring (bicyclic) bond motifs is 1. The number of hydrogen-bond acceptors (Lipinski definition) is 7. The van der Waals surface area contributed by atoms with E-state index in [9.17, 15) is 24.8 Å². The number of Topliss-reactive ketones (excluding diaryl/α,β-unsaturated/α-hetero) is 1. The first kappa shape index (κ1) is 19.7. The van der Waals surface area contributed by atoms with Crippen LogP contribution in [0.15, 0.2) is 36.4 Å². The molecule has 2 aromatic rings. The van der Waals surface area contributed by atoms with Gasteiger partial charge in [-0.1, -0.05) is 0 Å². The minimum Gasteiger partial charge on any atom is -0.508 e. The molecule has 1 saturated heterocycles. The number of phenolic OH excluding ortho intramolecular Hbond substituents is 1. The van der Waals surface area contributed by atoms with Crippen molar-refractivity contribution in [2.45, 2.75) is 12.8 Å². The fraction of sp³-hybridized carbons (Fsp3) is 0.333. The minimum absolute atomic E-state index is 0.0348. The lowest BCUT2D eigenvalue weighted by molar-refractivity contribution is -0.385. The van der Waals surface area contributed by atoms with Gasteiger partial charge in [-0.05, 0) is 37.1 Å². The molecular formula is C21H20N2O7. The summed E-state index contributed by atoms with van der Waals surface area (Å²) in [4.78, 5) is 38.1. The largest absolute Gasteiger partial charge is 0.508 e. The number of carbonyl (C=O) groups is 2. The number of nitrogens with zero attached hydrogens (tertiary/aromatic N) is 2. The molecule has 2 aromatic carbocycles. The van der Waals surface area contributed by atoms with Crippen molar-refractivity contribution in [2.24, 2.45) is 5.92 Å². The third kappa shape index (κ3) is 3.78. The average molecular weight is 412 g/mol. The molecule has 0 unspecified atom stereocenters. The van der Waals surface area contributed by atoms with Crippen LogP contribution in [0.1, 0.15) is 33.6 Å². The van der Waals surface area contributed by atoms with Crippen molar-refractivity contribution in [3.05, 3.63) is 57.6 Å².